The quantitative estimate of drug-likeness (QED) is 0.549. The molecule has 0 spiro atoms. The van der Waals surface area contributed by atoms with Crippen molar-refractivity contribution in [2.45, 2.75) is 19.3 Å². The third-order valence-corrected chi connectivity index (χ3v) is 4.08. The van der Waals surface area contributed by atoms with Gasteiger partial charge in [0.25, 0.3) is 0 Å². The molecule has 0 unspecified atom stereocenters. The van der Waals surface area contributed by atoms with Crippen molar-refractivity contribution < 1.29 is 26.3 Å². The molecular formula is C14H7Cl2F6N5. The van der Waals surface area contributed by atoms with E-state index >= 15 is 0 Å². The van der Waals surface area contributed by atoms with E-state index < -0.39 is 50.5 Å². The van der Waals surface area contributed by atoms with Crippen LogP contribution in [0.2, 0.25) is 10.0 Å². The summed E-state index contributed by atoms with van der Waals surface area (Å²) in [5.41, 5.74) is 2.58. The first kappa shape index (κ1) is 19.5. The van der Waals surface area contributed by atoms with E-state index in [0.717, 1.165) is 0 Å². The number of aromatic nitrogens is 4. The lowest BCUT2D eigenvalue weighted by Crippen LogP contribution is -2.11. The van der Waals surface area contributed by atoms with Crippen LogP contribution >= 0.6 is 23.2 Å². The molecule has 27 heavy (non-hydrogen) atoms. The van der Waals surface area contributed by atoms with Crippen LogP contribution in [0.25, 0.3) is 16.7 Å². The van der Waals surface area contributed by atoms with Gasteiger partial charge in [0.1, 0.15) is 17.3 Å². The van der Waals surface area contributed by atoms with Gasteiger partial charge in [0, 0.05) is 0 Å². The van der Waals surface area contributed by atoms with E-state index in [2.05, 4.69) is 15.1 Å². The Kier molecular flexibility index (Phi) is 4.42. The topological polar surface area (TPSA) is 69.6 Å². The van der Waals surface area contributed by atoms with E-state index in [4.69, 9.17) is 28.9 Å². The normalized spacial score (nSPS) is 12.8. The molecule has 0 radical (unpaired) electrons. The van der Waals surface area contributed by atoms with Crippen LogP contribution in [0.5, 0.6) is 0 Å². The fourth-order valence-corrected chi connectivity index (χ4v) is 3.07. The first-order chi connectivity index (χ1) is 12.3. The molecule has 0 saturated carbocycles. The summed E-state index contributed by atoms with van der Waals surface area (Å²) in [6.07, 6.45) is -9.58. The molecule has 0 aliphatic heterocycles. The molecule has 0 aliphatic carbocycles. The summed E-state index contributed by atoms with van der Waals surface area (Å²) in [6.45, 7) is 1.22. The smallest absolute Gasteiger partial charge is 0.383 e. The summed E-state index contributed by atoms with van der Waals surface area (Å²) in [5, 5.41) is 2.20. The maximum atomic E-state index is 13.3. The van der Waals surface area contributed by atoms with E-state index in [-0.39, 0.29) is 11.5 Å². The lowest BCUT2D eigenvalue weighted by atomic mass is 10.2. The number of halogens is 8. The van der Waals surface area contributed by atoms with Crippen molar-refractivity contribution in [1.29, 1.82) is 0 Å². The maximum absolute atomic E-state index is 13.3. The Morgan fingerprint density at radius 1 is 0.963 bits per heavy atom. The van der Waals surface area contributed by atoms with Crippen LogP contribution in [0, 0.1) is 6.92 Å². The average Bonchev–Trinajstić information content (AvgIpc) is 2.80. The van der Waals surface area contributed by atoms with Gasteiger partial charge in [-0.25, -0.2) is 14.6 Å². The van der Waals surface area contributed by atoms with Gasteiger partial charge < -0.3 is 5.73 Å². The molecule has 144 valence electrons. The van der Waals surface area contributed by atoms with Gasteiger partial charge in [-0.2, -0.15) is 26.3 Å². The van der Waals surface area contributed by atoms with Crippen molar-refractivity contribution in [2.75, 3.05) is 5.73 Å². The molecule has 0 amide bonds. The Hall–Kier alpha value is -2.27. The van der Waals surface area contributed by atoms with Gasteiger partial charge >= 0.3 is 12.4 Å². The van der Waals surface area contributed by atoms with Crippen LogP contribution in [-0.2, 0) is 12.4 Å². The van der Waals surface area contributed by atoms with Crippen molar-refractivity contribution in [3.63, 3.8) is 0 Å². The van der Waals surface area contributed by atoms with Crippen molar-refractivity contribution >= 4 is 40.1 Å². The summed E-state index contributed by atoms with van der Waals surface area (Å²) < 4.78 is 79.1. The molecule has 2 aromatic heterocycles. The van der Waals surface area contributed by atoms with Crippen LogP contribution < -0.4 is 5.73 Å². The number of benzene rings is 1. The predicted molar refractivity (Wildman–Crippen MR) is 85.8 cm³/mol. The van der Waals surface area contributed by atoms with E-state index in [1.807, 2.05) is 0 Å². The second-order valence-electron chi connectivity index (χ2n) is 5.40. The Morgan fingerprint density at radius 2 is 1.52 bits per heavy atom. The first-order valence-corrected chi connectivity index (χ1v) is 7.73. The van der Waals surface area contributed by atoms with E-state index in [0.29, 0.717) is 16.8 Å². The number of hydrogen-bond acceptors (Lipinski definition) is 4. The zero-order valence-electron chi connectivity index (χ0n) is 13.0. The number of nitrogens with zero attached hydrogens (tertiary/aromatic N) is 4. The number of hydrogen-bond donors (Lipinski definition) is 1. The Morgan fingerprint density at radius 3 is 2.00 bits per heavy atom. The molecule has 0 atom stereocenters. The van der Waals surface area contributed by atoms with Gasteiger partial charge in [0.05, 0.1) is 21.0 Å². The fourth-order valence-electron chi connectivity index (χ4n) is 2.43. The number of alkyl halides is 6. The number of anilines is 1. The van der Waals surface area contributed by atoms with E-state index in [1.54, 1.807) is 0 Å². The molecule has 2 heterocycles. The standard InChI is InChI=1S/C14H7Cl2F6N5/c1-4-24-10(14(20,21)22)8-11(23)27(26-12(8)25-4)9-6(15)2-5(3-7(9)16)13(17,18)19/h2-3H,23H2,1H3. The summed E-state index contributed by atoms with van der Waals surface area (Å²) in [5.74, 6) is -0.787. The van der Waals surface area contributed by atoms with Crippen LogP contribution in [0.4, 0.5) is 32.2 Å². The molecule has 5 nitrogen and oxygen atoms in total. The van der Waals surface area contributed by atoms with Crippen molar-refractivity contribution in [1.82, 2.24) is 19.7 Å². The maximum Gasteiger partial charge on any atom is 0.434 e. The van der Waals surface area contributed by atoms with E-state index in [1.165, 1.54) is 6.92 Å². The highest BCUT2D eigenvalue weighted by Crippen LogP contribution is 2.41. The van der Waals surface area contributed by atoms with Gasteiger partial charge in [-0.3, -0.25) is 0 Å². The minimum atomic E-state index is -4.86. The molecule has 0 bridgehead atoms. The third-order valence-electron chi connectivity index (χ3n) is 3.51. The number of aryl methyl sites for hydroxylation is 1. The first-order valence-electron chi connectivity index (χ1n) is 6.97. The average molecular weight is 430 g/mol. The molecule has 3 aromatic rings. The highest BCUT2D eigenvalue weighted by molar-refractivity contribution is 6.38. The number of nitrogens with two attached hydrogens (primary N) is 1. The molecule has 0 fully saturated rings. The van der Waals surface area contributed by atoms with Crippen molar-refractivity contribution in [3.05, 3.63) is 39.3 Å². The molecule has 13 heteroatoms. The Bertz CT molecular complexity index is 1030. The third kappa shape index (κ3) is 3.36. The van der Waals surface area contributed by atoms with Crippen LogP contribution in [-0.4, -0.2) is 19.7 Å². The molecule has 3 rings (SSSR count). The summed E-state index contributed by atoms with van der Waals surface area (Å²) in [6, 6.07) is 1.13. The summed E-state index contributed by atoms with van der Waals surface area (Å²) in [4.78, 5) is 7.13. The monoisotopic (exact) mass is 429 g/mol. The largest absolute Gasteiger partial charge is 0.434 e. The molecule has 0 saturated heterocycles. The summed E-state index contributed by atoms with van der Waals surface area (Å²) in [7, 11) is 0. The zero-order chi connectivity index (χ0) is 20.3. The van der Waals surface area contributed by atoms with Gasteiger partial charge in [-0.15, -0.1) is 5.10 Å². The SMILES string of the molecule is Cc1nc(C(F)(F)F)c2c(N)n(-c3c(Cl)cc(C(F)(F)F)cc3Cl)nc2n1. The minimum absolute atomic E-state index is 0.218. The Labute approximate surface area is 156 Å². The molecule has 2 N–H and O–H groups in total. The summed E-state index contributed by atoms with van der Waals surface area (Å²) >= 11 is 11.8. The molecule has 1 aromatic carbocycles. The lowest BCUT2D eigenvalue weighted by molar-refractivity contribution is -0.140. The fraction of sp³-hybridized carbons (Fsp3) is 0.214. The van der Waals surface area contributed by atoms with Gasteiger partial charge in [-0.1, -0.05) is 23.2 Å². The highest BCUT2D eigenvalue weighted by Gasteiger charge is 2.38. The molecule has 0 aliphatic rings. The Balaban J connectivity index is 2.33. The van der Waals surface area contributed by atoms with Crippen molar-refractivity contribution in [2.24, 2.45) is 0 Å². The second-order valence-corrected chi connectivity index (χ2v) is 6.21. The van der Waals surface area contributed by atoms with Gasteiger partial charge in [0.15, 0.2) is 11.3 Å². The predicted octanol–water partition coefficient (Wildman–Crippen LogP) is 5.05. The minimum Gasteiger partial charge on any atom is -0.383 e. The van der Waals surface area contributed by atoms with Gasteiger partial charge in [0.2, 0.25) is 0 Å². The number of nitrogen functional groups attached to an aromatic ring is 1. The lowest BCUT2D eigenvalue weighted by Gasteiger charge is -2.13. The number of rotatable bonds is 1. The highest BCUT2D eigenvalue weighted by atomic mass is 35.5. The zero-order valence-corrected chi connectivity index (χ0v) is 14.6. The van der Waals surface area contributed by atoms with Crippen LogP contribution in [0.15, 0.2) is 12.1 Å². The van der Waals surface area contributed by atoms with Crippen LogP contribution in [0.1, 0.15) is 17.1 Å². The molecular weight excluding hydrogens is 423 g/mol. The van der Waals surface area contributed by atoms with E-state index in [9.17, 15) is 26.3 Å². The van der Waals surface area contributed by atoms with Gasteiger partial charge in [-0.05, 0) is 19.1 Å². The second kappa shape index (κ2) is 6.13. The number of fused-ring (bicyclic) bond motifs is 1. The van der Waals surface area contributed by atoms with Crippen molar-refractivity contribution in [3.8, 4) is 5.69 Å². The van der Waals surface area contributed by atoms with Crippen LogP contribution in [0.3, 0.4) is 0 Å².